The fraction of sp³-hybridized carbons (Fsp3) is 0.200. The van der Waals surface area contributed by atoms with Crippen molar-refractivity contribution < 1.29 is 0 Å². The molecule has 1 atom stereocenters. The Morgan fingerprint density at radius 3 is 2.50 bits per heavy atom. The van der Waals surface area contributed by atoms with Crippen LogP contribution in [0.4, 0.5) is 0 Å². The maximum absolute atomic E-state index is 6.19. The average Bonchev–Trinajstić information content (AvgIpc) is 2.73. The van der Waals surface area contributed by atoms with Gasteiger partial charge in [-0.3, -0.25) is 0 Å². The lowest BCUT2D eigenvalue weighted by molar-refractivity contribution is 0.886. The molecule has 0 saturated carbocycles. The highest BCUT2D eigenvalue weighted by Crippen LogP contribution is 2.34. The van der Waals surface area contributed by atoms with E-state index in [-0.39, 0.29) is 6.04 Å². The first kappa shape index (κ1) is 10.4. The Morgan fingerprint density at radius 2 is 2.00 bits per heavy atom. The molecule has 0 spiro atoms. The van der Waals surface area contributed by atoms with Gasteiger partial charge in [0.25, 0.3) is 0 Å². The van der Waals surface area contributed by atoms with Gasteiger partial charge in [-0.15, -0.1) is 22.7 Å². The summed E-state index contributed by atoms with van der Waals surface area (Å²) in [5.41, 5.74) is 7.43. The molecule has 2 aromatic rings. The monoisotopic (exact) mass is 287 g/mol. The second-order valence-electron chi connectivity index (χ2n) is 3.04. The van der Waals surface area contributed by atoms with E-state index in [1.807, 2.05) is 6.07 Å². The number of hydrogen-bond acceptors (Lipinski definition) is 3. The Kier molecular flexibility index (Phi) is 3.07. The molecule has 14 heavy (non-hydrogen) atoms. The van der Waals surface area contributed by atoms with E-state index < -0.39 is 0 Å². The van der Waals surface area contributed by atoms with Gasteiger partial charge in [0.2, 0.25) is 0 Å². The topological polar surface area (TPSA) is 26.0 Å². The van der Waals surface area contributed by atoms with Crippen LogP contribution in [0.15, 0.2) is 27.4 Å². The molecule has 1 nitrogen and oxygen atoms in total. The van der Waals surface area contributed by atoms with Crippen LogP contribution in [-0.4, -0.2) is 0 Å². The van der Waals surface area contributed by atoms with E-state index in [1.165, 1.54) is 15.3 Å². The molecule has 0 fully saturated rings. The highest BCUT2D eigenvalue weighted by atomic mass is 79.9. The van der Waals surface area contributed by atoms with Gasteiger partial charge in [0.15, 0.2) is 0 Å². The third-order valence-electron chi connectivity index (χ3n) is 2.16. The molecule has 0 aromatic carbocycles. The summed E-state index contributed by atoms with van der Waals surface area (Å²) < 4.78 is 1.11. The van der Waals surface area contributed by atoms with Crippen LogP contribution in [0.1, 0.15) is 21.4 Å². The van der Waals surface area contributed by atoms with E-state index in [2.05, 4.69) is 39.7 Å². The summed E-state index contributed by atoms with van der Waals surface area (Å²) >= 11 is 6.95. The Balaban J connectivity index is 2.38. The fourth-order valence-corrected chi connectivity index (χ4v) is 3.77. The Hall–Kier alpha value is -0.160. The van der Waals surface area contributed by atoms with E-state index in [1.54, 1.807) is 22.7 Å². The van der Waals surface area contributed by atoms with E-state index >= 15 is 0 Å². The van der Waals surface area contributed by atoms with Crippen LogP contribution < -0.4 is 5.73 Å². The number of aryl methyl sites for hydroxylation is 1. The molecule has 4 heteroatoms. The maximum Gasteiger partial charge on any atom is 0.0668 e. The number of nitrogens with two attached hydrogens (primary N) is 1. The molecular weight excluding hydrogens is 278 g/mol. The molecule has 0 aliphatic rings. The van der Waals surface area contributed by atoms with Gasteiger partial charge in [-0.05, 0) is 51.3 Å². The lowest BCUT2D eigenvalue weighted by Gasteiger charge is -2.09. The van der Waals surface area contributed by atoms with Crippen molar-refractivity contribution in [2.45, 2.75) is 13.0 Å². The van der Waals surface area contributed by atoms with E-state index in [0.717, 1.165) is 4.47 Å². The molecule has 1 unspecified atom stereocenters. The summed E-state index contributed by atoms with van der Waals surface area (Å²) in [5.74, 6) is 0. The van der Waals surface area contributed by atoms with Crippen molar-refractivity contribution in [1.82, 2.24) is 0 Å². The van der Waals surface area contributed by atoms with E-state index in [0.29, 0.717) is 0 Å². The lowest BCUT2D eigenvalue weighted by atomic mass is 10.1. The minimum Gasteiger partial charge on any atom is -0.320 e. The van der Waals surface area contributed by atoms with Gasteiger partial charge in [0, 0.05) is 14.2 Å². The van der Waals surface area contributed by atoms with Crippen molar-refractivity contribution in [1.29, 1.82) is 0 Å². The van der Waals surface area contributed by atoms with Crippen LogP contribution in [0.25, 0.3) is 0 Å². The fourth-order valence-electron chi connectivity index (χ4n) is 1.39. The quantitative estimate of drug-likeness (QED) is 0.890. The summed E-state index contributed by atoms with van der Waals surface area (Å²) in [6.45, 7) is 2.11. The van der Waals surface area contributed by atoms with Crippen LogP contribution in [0.3, 0.4) is 0 Å². The Morgan fingerprint density at radius 1 is 1.29 bits per heavy atom. The zero-order valence-electron chi connectivity index (χ0n) is 7.66. The normalized spacial score (nSPS) is 13.1. The van der Waals surface area contributed by atoms with Crippen LogP contribution in [0.2, 0.25) is 0 Å². The number of thiophene rings is 2. The second-order valence-corrected chi connectivity index (χ2v) is 5.96. The van der Waals surface area contributed by atoms with Crippen LogP contribution >= 0.6 is 38.6 Å². The zero-order valence-corrected chi connectivity index (χ0v) is 10.9. The molecule has 74 valence electrons. The Bertz CT molecular complexity index is 393. The van der Waals surface area contributed by atoms with Gasteiger partial charge in [-0.1, -0.05) is 0 Å². The van der Waals surface area contributed by atoms with Crippen LogP contribution in [0.5, 0.6) is 0 Å². The van der Waals surface area contributed by atoms with Crippen LogP contribution in [-0.2, 0) is 0 Å². The summed E-state index contributed by atoms with van der Waals surface area (Å²) in [6, 6.07) is 4.16. The third-order valence-corrected chi connectivity index (χ3v) is 4.98. The molecule has 2 heterocycles. The highest BCUT2D eigenvalue weighted by molar-refractivity contribution is 9.10. The minimum atomic E-state index is 0.00984. The van der Waals surface area contributed by atoms with E-state index in [9.17, 15) is 0 Å². The summed E-state index contributed by atoms with van der Waals surface area (Å²) in [7, 11) is 0. The summed E-state index contributed by atoms with van der Waals surface area (Å²) in [4.78, 5) is 2.50. The highest BCUT2D eigenvalue weighted by Gasteiger charge is 2.15. The Labute approximate surface area is 99.7 Å². The first-order chi connectivity index (χ1) is 6.70. The smallest absolute Gasteiger partial charge is 0.0668 e. The molecule has 0 saturated heterocycles. The van der Waals surface area contributed by atoms with Gasteiger partial charge in [0.1, 0.15) is 0 Å². The number of rotatable bonds is 2. The predicted octanol–water partition coefficient (Wildman–Crippen LogP) is 3.93. The number of halogens is 1. The molecule has 0 radical (unpaired) electrons. The first-order valence-corrected chi connectivity index (χ1v) is 6.78. The molecule has 2 aromatic heterocycles. The average molecular weight is 288 g/mol. The zero-order chi connectivity index (χ0) is 10.1. The predicted molar refractivity (Wildman–Crippen MR) is 67.1 cm³/mol. The van der Waals surface area contributed by atoms with Gasteiger partial charge < -0.3 is 5.73 Å². The van der Waals surface area contributed by atoms with Gasteiger partial charge in [-0.25, -0.2) is 0 Å². The molecular formula is C10H10BrNS2. The van der Waals surface area contributed by atoms with E-state index in [4.69, 9.17) is 5.73 Å². The third kappa shape index (κ3) is 1.80. The van der Waals surface area contributed by atoms with Gasteiger partial charge in [-0.2, -0.15) is 0 Å². The van der Waals surface area contributed by atoms with Crippen molar-refractivity contribution in [2.24, 2.45) is 5.73 Å². The van der Waals surface area contributed by atoms with Crippen molar-refractivity contribution in [3.05, 3.63) is 42.7 Å². The van der Waals surface area contributed by atoms with Crippen molar-refractivity contribution >= 4 is 38.6 Å². The second kappa shape index (κ2) is 4.14. The standard InChI is InChI=1S/C10H10BrNS2/c1-6-7(2-4-13-6)9(12)10-8(11)3-5-14-10/h2-5,9H,12H2,1H3. The van der Waals surface area contributed by atoms with Crippen LogP contribution in [0, 0.1) is 6.92 Å². The van der Waals surface area contributed by atoms with Crippen molar-refractivity contribution in [2.75, 3.05) is 0 Å². The van der Waals surface area contributed by atoms with Crippen molar-refractivity contribution in [3.63, 3.8) is 0 Å². The van der Waals surface area contributed by atoms with Gasteiger partial charge >= 0.3 is 0 Å². The maximum atomic E-state index is 6.19. The molecule has 2 N–H and O–H groups in total. The SMILES string of the molecule is Cc1sccc1C(N)c1sccc1Br. The molecule has 0 aliphatic heterocycles. The largest absolute Gasteiger partial charge is 0.320 e. The number of hydrogen-bond donors (Lipinski definition) is 1. The summed E-state index contributed by atoms with van der Waals surface area (Å²) in [6.07, 6.45) is 0. The molecule has 0 bridgehead atoms. The van der Waals surface area contributed by atoms with Crippen molar-refractivity contribution in [3.8, 4) is 0 Å². The first-order valence-electron chi connectivity index (χ1n) is 4.22. The molecule has 0 aliphatic carbocycles. The van der Waals surface area contributed by atoms with Gasteiger partial charge in [0.05, 0.1) is 6.04 Å². The minimum absolute atomic E-state index is 0.00984. The summed E-state index contributed by atoms with van der Waals surface area (Å²) in [5, 5.41) is 4.15. The molecule has 0 amide bonds. The lowest BCUT2D eigenvalue weighted by Crippen LogP contribution is -2.10. The molecule has 2 rings (SSSR count).